The Labute approximate surface area is 155 Å². The predicted octanol–water partition coefficient (Wildman–Crippen LogP) is 6.10. The highest BCUT2D eigenvalue weighted by Gasteiger charge is 2.71. The molecule has 24 heavy (non-hydrogen) atoms. The lowest BCUT2D eigenvalue weighted by Crippen LogP contribution is -2.66. The van der Waals surface area contributed by atoms with E-state index in [1.165, 1.54) is 18.1 Å². The van der Waals surface area contributed by atoms with Crippen molar-refractivity contribution in [1.29, 1.82) is 0 Å². The van der Waals surface area contributed by atoms with Gasteiger partial charge in [-0.15, -0.1) is 0 Å². The highest BCUT2D eigenvalue weighted by molar-refractivity contribution is 7.05. The molecule has 0 radical (unpaired) electrons. The largest absolute Gasteiger partial charge is 0.307 e. The average molecular weight is 371 g/mol. The molecule has 1 unspecified atom stereocenters. The van der Waals surface area contributed by atoms with E-state index in [0.29, 0.717) is 24.2 Å². The minimum Gasteiger partial charge on any atom is -0.307 e. The molecule has 0 aromatic carbocycles. The lowest BCUT2D eigenvalue weighted by Gasteiger charge is -2.50. The second kappa shape index (κ2) is 8.36. The zero-order chi connectivity index (χ0) is 18.9. The summed E-state index contributed by atoms with van der Waals surface area (Å²) >= 11 is 0. The molecule has 1 atom stereocenters. The van der Waals surface area contributed by atoms with Crippen LogP contribution in [0.15, 0.2) is 0 Å². The normalized spacial score (nSPS) is 21.1. The molecular formula is C20H46N2Si2. The molecule has 1 saturated heterocycles. The lowest BCUT2D eigenvalue weighted by molar-refractivity contribution is 0.217. The van der Waals surface area contributed by atoms with E-state index in [0.717, 1.165) is 5.16 Å². The summed E-state index contributed by atoms with van der Waals surface area (Å²) in [5.41, 5.74) is 0. The molecule has 0 amide bonds. The van der Waals surface area contributed by atoms with E-state index < -0.39 is 16.5 Å². The zero-order valence-electron chi connectivity index (χ0n) is 18.6. The van der Waals surface area contributed by atoms with Crippen molar-refractivity contribution in [3.8, 4) is 0 Å². The third-order valence-electron chi connectivity index (χ3n) is 6.87. The first-order valence-electron chi connectivity index (χ1n) is 10.6. The molecule has 1 rings (SSSR count). The summed E-state index contributed by atoms with van der Waals surface area (Å²) in [6.45, 7) is 27.0. The first-order chi connectivity index (χ1) is 11.1. The Hall–Kier alpha value is 0.354. The molecule has 0 aliphatic carbocycles. The van der Waals surface area contributed by atoms with Crippen LogP contribution < -0.4 is 0 Å². The molecule has 0 spiro atoms. The molecule has 1 aliphatic heterocycles. The van der Waals surface area contributed by atoms with Gasteiger partial charge in [0.05, 0.1) is 8.07 Å². The summed E-state index contributed by atoms with van der Waals surface area (Å²) in [5, 5.41) is 1.07. The van der Waals surface area contributed by atoms with Crippen LogP contribution in [0.5, 0.6) is 0 Å². The summed E-state index contributed by atoms with van der Waals surface area (Å²) < 4.78 is 6.03. The number of hydrogen-bond donors (Lipinski definition) is 0. The molecular weight excluding hydrogens is 324 g/mol. The third kappa shape index (κ3) is 3.72. The van der Waals surface area contributed by atoms with Gasteiger partial charge in [0.2, 0.25) is 8.40 Å². The predicted molar refractivity (Wildman–Crippen MR) is 116 cm³/mol. The van der Waals surface area contributed by atoms with Gasteiger partial charge in [-0.2, -0.15) is 0 Å². The standard InChI is InChI=1S/C20H46N2Si2/c1-12-23(13-2,14-3)20-15-24(20,21(16(4)5)17(6)7)22(18(8)9)19(10)11/h16-20H,12-15H2,1-11H3. The maximum Gasteiger partial charge on any atom is 0.207 e. The van der Waals surface area contributed by atoms with Crippen LogP contribution in [0.2, 0.25) is 29.3 Å². The Morgan fingerprint density at radius 3 is 1.21 bits per heavy atom. The van der Waals surface area contributed by atoms with Crippen molar-refractivity contribution >= 4 is 16.5 Å². The van der Waals surface area contributed by atoms with E-state index >= 15 is 0 Å². The second-order valence-electron chi connectivity index (χ2n) is 9.25. The quantitative estimate of drug-likeness (QED) is 0.429. The van der Waals surface area contributed by atoms with E-state index in [4.69, 9.17) is 0 Å². The Morgan fingerprint density at radius 2 is 1.00 bits per heavy atom. The van der Waals surface area contributed by atoms with Gasteiger partial charge in [-0.05, 0) is 35.4 Å². The van der Waals surface area contributed by atoms with Crippen molar-refractivity contribution in [2.24, 2.45) is 0 Å². The van der Waals surface area contributed by atoms with Gasteiger partial charge in [-0.3, -0.25) is 0 Å². The summed E-state index contributed by atoms with van der Waals surface area (Å²) in [5.74, 6) is 0. The van der Waals surface area contributed by atoms with Crippen molar-refractivity contribution in [2.45, 2.75) is 130 Å². The van der Waals surface area contributed by atoms with Crippen LogP contribution in [0.3, 0.4) is 0 Å². The molecule has 0 bridgehead atoms. The summed E-state index contributed by atoms with van der Waals surface area (Å²) in [6.07, 6.45) is 0. The van der Waals surface area contributed by atoms with E-state index in [1.807, 2.05) is 0 Å². The first-order valence-corrected chi connectivity index (χ1v) is 15.5. The van der Waals surface area contributed by atoms with Gasteiger partial charge in [0.25, 0.3) is 0 Å². The Kier molecular flexibility index (Phi) is 7.80. The van der Waals surface area contributed by atoms with E-state index in [-0.39, 0.29) is 0 Å². The van der Waals surface area contributed by atoms with Crippen molar-refractivity contribution in [3.63, 3.8) is 0 Å². The van der Waals surface area contributed by atoms with Crippen molar-refractivity contribution in [1.82, 2.24) is 9.13 Å². The molecule has 0 aromatic rings. The fraction of sp³-hybridized carbons (Fsp3) is 1.00. The van der Waals surface area contributed by atoms with Crippen LogP contribution >= 0.6 is 0 Å². The number of rotatable bonds is 10. The van der Waals surface area contributed by atoms with E-state index in [2.05, 4.69) is 85.3 Å². The fourth-order valence-corrected chi connectivity index (χ4v) is 24.4. The second-order valence-corrected chi connectivity index (χ2v) is 19.3. The Bertz CT molecular complexity index is 345. The smallest absolute Gasteiger partial charge is 0.207 e. The van der Waals surface area contributed by atoms with Crippen molar-refractivity contribution in [2.75, 3.05) is 0 Å². The third-order valence-corrected chi connectivity index (χ3v) is 22.1. The van der Waals surface area contributed by atoms with E-state index in [9.17, 15) is 0 Å². The van der Waals surface area contributed by atoms with Gasteiger partial charge in [-0.1, -0.05) is 94.3 Å². The summed E-state index contributed by atoms with van der Waals surface area (Å²) in [7, 11) is -2.71. The minimum absolute atomic E-state index is 0.666. The topological polar surface area (TPSA) is 6.48 Å². The van der Waals surface area contributed by atoms with Gasteiger partial charge in [0, 0.05) is 0 Å². The van der Waals surface area contributed by atoms with E-state index in [1.54, 1.807) is 6.04 Å². The van der Waals surface area contributed by atoms with Crippen molar-refractivity contribution < 1.29 is 0 Å². The van der Waals surface area contributed by atoms with Crippen LogP contribution in [-0.4, -0.2) is 49.8 Å². The van der Waals surface area contributed by atoms with Gasteiger partial charge >= 0.3 is 0 Å². The molecule has 0 aromatic heterocycles. The maximum atomic E-state index is 3.01. The lowest BCUT2D eigenvalue weighted by atomic mass is 10.3. The highest BCUT2D eigenvalue weighted by Crippen LogP contribution is 2.62. The maximum absolute atomic E-state index is 3.01. The molecule has 4 heteroatoms. The minimum atomic E-state index is -1.56. The summed E-state index contributed by atoms with van der Waals surface area (Å²) in [4.78, 5) is 0. The van der Waals surface area contributed by atoms with Crippen LogP contribution in [0, 0.1) is 0 Å². The van der Waals surface area contributed by atoms with Crippen LogP contribution in [0.25, 0.3) is 0 Å². The number of nitrogens with zero attached hydrogens (tertiary/aromatic N) is 2. The fourth-order valence-electron chi connectivity index (χ4n) is 6.12. The molecule has 0 N–H and O–H groups in total. The van der Waals surface area contributed by atoms with Gasteiger partial charge in [-0.25, -0.2) is 0 Å². The molecule has 144 valence electrons. The van der Waals surface area contributed by atoms with Gasteiger partial charge < -0.3 is 9.13 Å². The van der Waals surface area contributed by atoms with Crippen molar-refractivity contribution in [3.05, 3.63) is 0 Å². The van der Waals surface area contributed by atoms with Crippen LogP contribution in [0.4, 0.5) is 0 Å². The zero-order valence-corrected chi connectivity index (χ0v) is 20.6. The molecule has 1 aliphatic rings. The summed E-state index contributed by atoms with van der Waals surface area (Å²) in [6, 6.07) is 8.64. The van der Waals surface area contributed by atoms with Gasteiger partial charge in [0.1, 0.15) is 0 Å². The monoisotopic (exact) mass is 370 g/mol. The molecule has 0 saturated carbocycles. The molecule has 2 nitrogen and oxygen atoms in total. The van der Waals surface area contributed by atoms with Gasteiger partial charge in [0.15, 0.2) is 0 Å². The Balaban J connectivity index is 3.46. The molecule has 1 fully saturated rings. The first kappa shape index (κ1) is 22.4. The van der Waals surface area contributed by atoms with Crippen LogP contribution in [0.1, 0.15) is 76.2 Å². The Morgan fingerprint density at radius 1 is 0.708 bits per heavy atom. The average Bonchev–Trinajstić information content (AvgIpc) is 3.15. The molecule has 1 heterocycles. The van der Waals surface area contributed by atoms with Crippen LogP contribution in [-0.2, 0) is 0 Å². The highest BCUT2D eigenvalue weighted by atomic mass is 28.4. The SMILES string of the molecule is CC[Si](CC)(CC)C1C[Si]1(N(C(C)C)C(C)C)N(C(C)C)C(C)C. The number of hydrogen-bond acceptors (Lipinski definition) is 2.